The molecule has 2 saturated carbocycles. The van der Waals surface area contributed by atoms with Gasteiger partial charge in [0.05, 0.1) is 11.1 Å². The Labute approximate surface area is 178 Å². The fourth-order valence-electron chi connectivity index (χ4n) is 4.79. The van der Waals surface area contributed by atoms with Gasteiger partial charge in [0.2, 0.25) is 15.9 Å². The molecule has 7 nitrogen and oxygen atoms in total. The highest BCUT2D eigenvalue weighted by Gasteiger charge is 2.41. The van der Waals surface area contributed by atoms with Gasteiger partial charge in [-0.15, -0.1) is 0 Å². The van der Waals surface area contributed by atoms with E-state index in [1.54, 1.807) is 25.2 Å². The van der Waals surface area contributed by atoms with Crippen molar-refractivity contribution in [3.63, 3.8) is 0 Å². The van der Waals surface area contributed by atoms with E-state index in [2.05, 4.69) is 5.32 Å². The van der Waals surface area contributed by atoms with Crippen LogP contribution in [0.1, 0.15) is 70.6 Å². The molecule has 2 aliphatic rings. The summed E-state index contributed by atoms with van der Waals surface area (Å²) >= 11 is 0. The smallest absolute Gasteiger partial charge is 0.310 e. The van der Waals surface area contributed by atoms with Crippen LogP contribution in [0, 0.1) is 5.41 Å². The third-order valence-corrected chi connectivity index (χ3v) is 8.64. The van der Waals surface area contributed by atoms with Crippen LogP contribution in [0.5, 0.6) is 0 Å². The van der Waals surface area contributed by atoms with Crippen LogP contribution in [-0.2, 0) is 19.6 Å². The molecule has 0 radical (unpaired) electrons. The van der Waals surface area contributed by atoms with Gasteiger partial charge in [0.1, 0.15) is 4.90 Å². The predicted octanol–water partition coefficient (Wildman–Crippen LogP) is 4.00. The number of benzene rings is 1. The number of amides is 1. The first kappa shape index (κ1) is 22.7. The number of carboxylic acids is 1. The summed E-state index contributed by atoms with van der Waals surface area (Å²) in [4.78, 5) is 24.7. The van der Waals surface area contributed by atoms with Crippen LogP contribution < -0.4 is 5.32 Å². The molecule has 0 saturated heterocycles. The zero-order valence-corrected chi connectivity index (χ0v) is 18.4. The van der Waals surface area contributed by atoms with E-state index in [0.717, 1.165) is 51.4 Å². The van der Waals surface area contributed by atoms with Crippen molar-refractivity contribution in [1.82, 2.24) is 4.31 Å². The molecule has 2 N–H and O–H groups in total. The number of carbonyl (C=O) groups excluding carboxylic acids is 1. The molecule has 0 atom stereocenters. The number of carbonyl (C=O) groups is 2. The fraction of sp³-hybridized carbons (Fsp3) is 0.636. The van der Waals surface area contributed by atoms with E-state index in [1.165, 1.54) is 10.4 Å². The van der Waals surface area contributed by atoms with Crippen molar-refractivity contribution >= 4 is 27.6 Å². The molecule has 0 unspecified atom stereocenters. The Kier molecular flexibility index (Phi) is 7.18. The number of nitrogens with one attached hydrogen (secondary N) is 1. The Hall–Kier alpha value is -1.93. The molecule has 30 heavy (non-hydrogen) atoms. The first-order valence-electron chi connectivity index (χ1n) is 10.9. The first-order chi connectivity index (χ1) is 14.3. The van der Waals surface area contributed by atoms with Gasteiger partial charge in [-0.1, -0.05) is 50.7 Å². The molecule has 1 aromatic rings. The molecular formula is C22H32N2O5S. The third-order valence-electron chi connectivity index (χ3n) is 6.67. The lowest BCUT2D eigenvalue weighted by Crippen LogP contribution is -2.39. The minimum atomic E-state index is -3.78. The zero-order valence-electron chi connectivity index (χ0n) is 17.6. The Morgan fingerprint density at radius 3 is 2.30 bits per heavy atom. The van der Waals surface area contributed by atoms with Crippen molar-refractivity contribution in [3.05, 3.63) is 24.3 Å². The summed E-state index contributed by atoms with van der Waals surface area (Å²) in [6, 6.07) is 6.33. The highest BCUT2D eigenvalue weighted by atomic mass is 32.2. The maximum atomic E-state index is 13.3. The number of aliphatic carboxylic acids is 1. The summed E-state index contributed by atoms with van der Waals surface area (Å²) in [6.07, 6.45) is 8.19. The van der Waals surface area contributed by atoms with E-state index in [0.29, 0.717) is 12.8 Å². The van der Waals surface area contributed by atoms with Crippen molar-refractivity contribution in [2.45, 2.75) is 81.6 Å². The molecule has 8 heteroatoms. The van der Waals surface area contributed by atoms with Crippen LogP contribution in [0.4, 0.5) is 5.69 Å². The summed E-state index contributed by atoms with van der Waals surface area (Å²) in [5, 5.41) is 12.4. The molecule has 0 aromatic heterocycles. The number of sulfonamides is 1. The summed E-state index contributed by atoms with van der Waals surface area (Å²) in [5.74, 6) is -1.41. The Morgan fingerprint density at radius 1 is 1.07 bits per heavy atom. The molecule has 2 fully saturated rings. The number of hydrogen-bond acceptors (Lipinski definition) is 4. The number of para-hydroxylation sites is 1. The summed E-state index contributed by atoms with van der Waals surface area (Å²) < 4.78 is 28.0. The van der Waals surface area contributed by atoms with Gasteiger partial charge in [0.15, 0.2) is 0 Å². The topological polar surface area (TPSA) is 104 Å². The first-order valence-corrected chi connectivity index (χ1v) is 12.3. The van der Waals surface area contributed by atoms with Crippen LogP contribution in [0.25, 0.3) is 0 Å². The van der Waals surface area contributed by atoms with E-state index in [4.69, 9.17) is 0 Å². The molecule has 0 bridgehead atoms. The van der Waals surface area contributed by atoms with Crippen molar-refractivity contribution in [1.29, 1.82) is 0 Å². The SMILES string of the molecule is CN(C1CCCCC1)S(=O)(=O)c1ccccc1NC(=O)CC1(C(=O)O)CCCCC1. The third kappa shape index (κ3) is 4.86. The molecule has 1 aromatic carbocycles. The molecule has 1 amide bonds. The lowest BCUT2D eigenvalue weighted by Gasteiger charge is -2.33. The second-order valence-corrected chi connectivity index (χ2v) is 10.6. The number of anilines is 1. The van der Waals surface area contributed by atoms with Gasteiger partial charge in [0, 0.05) is 19.5 Å². The number of hydrogen-bond donors (Lipinski definition) is 2. The van der Waals surface area contributed by atoms with E-state index in [1.807, 2.05) is 0 Å². The highest BCUT2D eigenvalue weighted by Crippen LogP contribution is 2.40. The van der Waals surface area contributed by atoms with Crippen molar-refractivity contribution < 1.29 is 23.1 Å². The van der Waals surface area contributed by atoms with Crippen molar-refractivity contribution in [2.24, 2.45) is 5.41 Å². The average Bonchev–Trinajstić information content (AvgIpc) is 2.74. The lowest BCUT2D eigenvalue weighted by molar-refractivity contribution is -0.153. The minimum Gasteiger partial charge on any atom is -0.481 e. The van der Waals surface area contributed by atoms with Crippen LogP contribution in [0.3, 0.4) is 0 Å². The Bertz CT molecular complexity index is 871. The number of rotatable bonds is 7. The molecule has 166 valence electrons. The fourth-order valence-corrected chi connectivity index (χ4v) is 6.35. The van der Waals surface area contributed by atoms with Crippen LogP contribution in [0.2, 0.25) is 0 Å². The van der Waals surface area contributed by atoms with E-state index in [9.17, 15) is 23.1 Å². The Morgan fingerprint density at radius 2 is 1.67 bits per heavy atom. The standard InChI is InChI=1S/C22H32N2O5S/c1-24(17-10-4-2-5-11-17)30(28,29)19-13-7-6-12-18(19)23-20(25)16-22(21(26)27)14-8-3-9-15-22/h6-7,12-13,17H,2-5,8-11,14-16H2,1H3,(H,23,25)(H,26,27). The second-order valence-electron chi connectivity index (χ2n) is 8.68. The monoisotopic (exact) mass is 436 g/mol. The normalized spacial score (nSPS) is 20.1. The molecule has 3 rings (SSSR count). The predicted molar refractivity (Wildman–Crippen MR) is 115 cm³/mol. The Balaban J connectivity index is 1.79. The van der Waals surface area contributed by atoms with Crippen LogP contribution in [-0.4, -0.2) is 42.8 Å². The van der Waals surface area contributed by atoms with Gasteiger partial charge >= 0.3 is 5.97 Å². The summed E-state index contributed by atoms with van der Waals surface area (Å²) in [5.41, 5.74) is -0.851. The van der Waals surface area contributed by atoms with Crippen molar-refractivity contribution in [3.8, 4) is 0 Å². The highest BCUT2D eigenvalue weighted by molar-refractivity contribution is 7.89. The maximum Gasteiger partial charge on any atom is 0.310 e. The largest absolute Gasteiger partial charge is 0.481 e. The van der Waals surface area contributed by atoms with E-state index >= 15 is 0 Å². The van der Waals surface area contributed by atoms with Gasteiger partial charge in [-0.3, -0.25) is 9.59 Å². The van der Waals surface area contributed by atoms with Gasteiger partial charge in [-0.25, -0.2) is 8.42 Å². The zero-order chi connectivity index (χ0) is 21.8. The van der Waals surface area contributed by atoms with Crippen molar-refractivity contribution in [2.75, 3.05) is 12.4 Å². The molecule has 0 spiro atoms. The number of carboxylic acid groups (broad SMARTS) is 1. The van der Waals surface area contributed by atoms with Crippen LogP contribution >= 0.6 is 0 Å². The quantitative estimate of drug-likeness (QED) is 0.672. The maximum absolute atomic E-state index is 13.3. The molecular weight excluding hydrogens is 404 g/mol. The second kappa shape index (κ2) is 9.47. The lowest BCUT2D eigenvalue weighted by atomic mass is 9.71. The van der Waals surface area contributed by atoms with Gasteiger partial charge < -0.3 is 10.4 Å². The summed E-state index contributed by atoms with van der Waals surface area (Å²) in [7, 11) is -2.17. The minimum absolute atomic E-state index is 0.0370. The van der Waals surface area contributed by atoms with Gasteiger partial charge in [-0.05, 0) is 37.8 Å². The summed E-state index contributed by atoms with van der Waals surface area (Å²) in [6.45, 7) is 0. The van der Waals surface area contributed by atoms with Gasteiger partial charge in [-0.2, -0.15) is 4.31 Å². The molecule has 2 aliphatic carbocycles. The van der Waals surface area contributed by atoms with Gasteiger partial charge in [0.25, 0.3) is 0 Å². The number of nitrogens with zero attached hydrogens (tertiary/aromatic N) is 1. The van der Waals surface area contributed by atoms with E-state index < -0.39 is 27.3 Å². The molecule has 0 heterocycles. The average molecular weight is 437 g/mol. The molecule has 0 aliphatic heterocycles. The van der Waals surface area contributed by atoms with Crippen LogP contribution in [0.15, 0.2) is 29.2 Å². The van der Waals surface area contributed by atoms with E-state index in [-0.39, 0.29) is 23.0 Å².